The van der Waals surface area contributed by atoms with E-state index in [4.69, 9.17) is 16.1 Å². The molecule has 2 aromatic carbocycles. The number of para-hydroxylation sites is 1. The van der Waals surface area contributed by atoms with Gasteiger partial charge in [-0.15, -0.1) is 0 Å². The fraction of sp³-hybridized carbons (Fsp3) is 0.250. The normalized spacial score (nSPS) is 22.4. The second-order valence-corrected chi connectivity index (χ2v) is 7.66. The Hall–Kier alpha value is -1.32. The van der Waals surface area contributed by atoms with E-state index in [1.807, 2.05) is 59.3 Å². The number of nitrogens with zero attached hydrogens (tertiary/aromatic N) is 1. The van der Waals surface area contributed by atoms with E-state index in [1.54, 1.807) is 0 Å². The molecule has 0 bridgehead atoms. The molecule has 22 heavy (non-hydrogen) atoms. The largest absolute Gasteiger partial charge is 0.368 e. The predicted octanol–water partition coefficient (Wildman–Crippen LogP) is 4.78. The molecule has 1 N–H and O–H groups in total. The maximum atomic E-state index is 13.2. The second-order valence-electron chi connectivity index (χ2n) is 5.16. The van der Waals surface area contributed by atoms with Crippen LogP contribution in [0.1, 0.15) is 12.0 Å². The smallest absolute Gasteiger partial charge is 0.303 e. The van der Waals surface area contributed by atoms with Crippen molar-refractivity contribution in [2.75, 3.05) is 18.2 Å². The third-order valence-corrected chi connectivity index (χ3v) is 6.08. The average molecular weight is 337 g/mol. The summed E-state index contributed by atoms with van der Waals surface area (Å²) in [4.78, 5) is 0. The Morgan fingerprint density at radius 2 is 1.86 bits per heavy atom. The number of hydrogen-bond donors (Lipinski definition) is 1. The number of halogens is 1. The summed E-state index contributed by atoms with van der Waals surface area (Å²) >= 11 is 6.22. The molecular weight excluding hydrogens is 319 g/mol. The first-order valence-corrected chi connectivity index (χ1v) is 9.20. The Kier molecular flexibility index (Phi) is 4.84. The highest BCUT2D eigenvalue weighted by molar-refractivity contribution is 7.58. The molecule has 1 aliphatic heterocycles. The van der Waals surface area contributed by atoms with Gasteiger partial charge in [-0.25, -0.2) is 9.24 Å². The van der Waals surface area contributed by atoms with E-state index in [1.165, 1.54) is 0 Å². The zero-order valence-corrected chi connectivity index (χ0v) is 13.8. The minimum absolute atomic E-state index is 0.496. The molecule has 0 unspecified atom stereocenters. The summed E-state index contributed by atoms with van der Waals surface area (Å²) in [5.74, 6) is 0. The van der Waals surface area contributed by atoms with Crippen molar-refractivity contribution in [1.29, 1.82) is 0 Å². The molecule has 0 radical (unpaired) electrons. The van der Waals surface area contributed by atoms with Crippen molar-refractivity contribution in [3.05, 3.63) is 65.2 Å². The molecule has 1 fully saturated rings. The van der Waals surface area contributed by atoms with Crippen LogP contribution in [0.5, 0.6) is 0 Å². The van der Waals surface area contributed by atoms with Crippen LogP contribution >= 0.6 is 19.3 Å². The number of rotatable bonds is 4. The number of nitrogens with one attached hydrogen (secondary N) is 1. The van der Waals surface area contributed by atoms with Crippen LogP contribution in [-0.4, -0.2) is 17.8 Å². The monoisotopic (exact) mass is 336 g/mol. The quantitative estimate of drug-likeness (QED) is 0.816. The van der Waals surface area contributed by atoms with Crippen molar-refractivity contribution in [2.24, 2.45) is 0 Å². The van der Waals surface area contributed by atoms with E-state index >= 15 is 0 Å². The topological polar surface area (TPSA) is 41.6 Å². The molecule has 0 saturated carbocycles. The van der Waals surface area contributed by atoms with Crippen LogP contribution in [0.3, 0.4) is 0 Å². The second kappa shape index (κ2) is 6.84. The summed E-state index contributed by atoms with van der Waals surface area (Å²) in [5.41, 5.74) is 1.74. The maximum Gasteiger partial charge on any atom is 0.368 e. The molecule has 1 saturated heterocycles. The SMILES string of the molecule is O=[P@]1(Nc2ccccc2)OCCCN1Cc1ccccc1Cl. The van der Waals surface area contributed by atoms with Gasteiger partial charge in [0.05, 0.1) is 6.61 Å². The lowest BCUT2D eigenvalue weighted by atomic mass is 10.2. The molecule has 6 heteroatoms. The lowest BCUT2D eigenvalue weighted by Crippen LogP contribution is -2.31. The molecule has 1 heterocycles. The van der Waals surface area contributed by atoms with E-state index in [9.17, 15) is 4.57 Å². The molecule has 1 atom stereocenters. The Morgan fingerprint density at radius 3 is 2.64 bits per heavy atom. The average Bonchev–Trinajstić information content (AvgIpc) is 2.52. The molecule has 0 aromatic heterocycles. The van der Waals surface area contributed by atoms with Gasteiger partial charge in [-0.2, -0.15) is 0 Å². The van der Waals surface area contributed by atoms with E-state index in [0.29, 0.717) is 24.7 Å². The minimum atomic E-state index is -3.11. The van der Waals surface area contributed by atoms with E-state index in [2.05, 4.69) is 5.09 Å². The third kappa shape index (κ3) is 3.53. The fourth-order valence-corrected chi connectivity index (χ4v) is 4.58. The number of anilines is 1. The van der Waals surface area contributed by atoms with Gasteiger partial charge in [-0.1, -0.05) is 48.0 Å². The van der Waals surface area contributed by atoms with E-state index < -0.39 is 7.67 Å². The maximum absolute atomic E-state index is 13.2. The first-order chi connectivity index (χ1) is 10.7. The van der Waals surface area contributed by atoms with Gasteiger partial charge in [0.25, 0.3) is 0 Å². The number of benzene rings is 2. The van der Waals surface area contributed by atoms with Gasteiger partial charge in [-0.05, 0) is 30.2 Å². The highest BCUT2D eigenvalue weighted by atomic mass is 35.5. The van der Waals surface area contributed by atoms with Gasteiger partial charge in [0, 0.05) is 23.8 Å². The zero-order chi connectivity index (χ0) is 15.4. The van der Waals surface area contributed by atoms with Crippen molar-refractivity contribution in [3.8, 4) is 0 Å². The lowest BCUT2D eigenvalue weighted by molar-refractivity contribution is 0.206. The highest BCUT2D eigenvalue weighted by Crippen LogP contribution is 2.53. The summed E-state index contributed by atoms with van der Waals surface area (Å²) in [6.07, 6.45) is 0.852. The van der Waals surface area contributed by atoms with Gasteiger partial charge in [0.15, 0.2) is 0 Å². The zero-order valence-electron chi connectivity index (χ0n) is 12.1. The summed E-state index contributed by atoms with van der Waals surface area (Å²) in [5, 5.41) is 3.74. The fourth-order valence-electron chi connectivity index (χ4n) is 2.42. The lowest BCUT2D eigenvalue weighted by Gasteiger charge is -2.35. The van der Waals surface area contributed by atoms with Crippen molar-refractivity contribution in [2.45, 2.75) is 13.0 Å². The molecule has 4 nitrogen and oxygen atoms in total. The molecular formula is C16H18ClN2O2P. The van der Waals surface area contributed by atoms with Crippen molar-refractivity contribution in [3.63, 3.8) is 0 Å². The van der Waals surface area contributed by atoms with Crippen molar-refractivity contribution in [1.82, 2.24) is 4.67 Å². The number of hydrogen-bond acceptors (Lipinski definition) is 2. The molecule has 1 aliphatic rings. The van der Waals surface area contributed by atoms with Gasteiger partial charge in [0.1, 0.15) is 0 Å². The molecule has 3 rings (SSSR count). The van der Waals surface area contributed by atoms with Crippen LogP contribution in [-0.2, 0) is 15.6 Å². The van der Waals surface area contributed by atoms with Crippen LogP contribution in [0.4, 0.5) is 5.69 Å². The predicted molar refractivity (Wildman–Crippen MR) is 90.1 cm³/mol. The van der Waals surface area contributed by atoms with Crippen LogP contribution in [0.15, 0.2) is 54.6 Å². The molecule has 116 valence electrons. The summed E-state index contributed by atoms with van der Waals surface area (Å²) < 4.78 is 20.7. The summed E-state index contributed by atoms with van der Waals surface area (Å²) in [6, 6.07) is 17.1. The summed E-state index contributed by atoms with van der Waals surface area (Å²) in [6.45, 7) is 1.70. The third-order valence-electron chi connectivity index (χ3n) is 3.55. The molecule has 0 amide bonds. The van der Waals surface area contributed by atoms with Gasteiger partial charge in [0.2, 0.25) is 0 Å². The van der Waals surface area contributed by atoms with Crippen LogP contribution in [0.25, 0.3) is 0 Å². The standard InChI is InChI=1S/C16H18ClN2O2P/c17-16-10-5-4-7-14(16)13-19-11-6-12-21-22(19,20)18-15-8-2-1-3-9-15/h1-5,7-10H,6,11-13H2,(H,18,20)/t22-/m1/s1. The van der Waals surface area contributed by atoms with E-state index in [0.717, 1.165) is 17.7 Å². The Bertz CT molecular complexity index is 681. The summed E-state index contributed by atoms with van der Waals surface area (Å²) in [7, 11) is -3.11. The molecule has 0 spiro atoms. The van der Waals surface area contributed by atoms with E-state index in [-0.39, 0.29) is 0 Å². The Morgan fingerprint density at radius 1 is 1.14 bits per heavy atom. The first kappa shape index (κ1) is 15.6. The minimum Gasteiger partial charge on any atom is -0.303 e. The Labute approximate surface area is 135 Å². The van der Waals surface area contributed by atoms with Crippen molar-refractivity contribution < 1.29 is 9.09 Å². The van der Waals surface area contributed by atoms with Gasteiger partial charge < -0.3 is 9.61 Å². The Balaban J connectivity index is 1.81. The molecule has 0 aliphatic carbocycles. The van der Waals surface area contributed by atoms with Crippen LogP contribution in [0.2, 0.25) is 5.02 Å². The van der Waals surface area contributed by atoms with Crippen LogP contribution < -0.4 is 5.09 Å². The van der Waals surface area contributed by atoms with Gasteiger partial charge >= 0.3 is 7.67 Å². The van der Waals surface area contributed by atoms with Crippen molar-refractivity contribution >= 4 is 25.0 Å². The van der Waals surface area contributed by atoms with Gasteiger partial charge in [-0.3, -0.25) is 0 Å². The highest BCUT2D eigenvalue weighted by Gasteiger charge is 2.35. The van der Waals surface area contributed by atoms with Crippen LogP contribution in [0, 0.1) is 0 Å². The first-order valence-electron chi connectivity index (χ1n) is 7.24. The molecule has 2 aromatic rings.